The van der Waals surface area contributed by atoms with E-state index in [9.17, 15) is 9.18 Å². The summed E-state index contributed by atoms with van der Waals surface area (Å²) in [5, 5.41) is 13.8. The van der Waals surface area contributed by atoms with Gasteiger partial charge in [-0.25, -0.2) is 4.39 Å². The van der Waals surface area contributed by atoms with Gasteiger partial charge in [0.05, 0.1) is 5.69 Å². The standard InChI is InChI=1S/C25H19FN4O2/c1-16-13-22-23(29-30(28-22)19-11-9-18(26)10-12-19)14-21(16)27-25(31)15-32-24-8-4-6-17-5-2-3-7-20(17)24/h2-14H,15H2,1H3,(H,27,31). The van der Waals surface area contributed by atoms with E-state index in [0.717, 1.165) is 16.3 Å². The molecule has 0 aliphatic rings. The summed E-state index contributed by atoms with van der Waals surface area (Å²) in [6.45, 7) is 1.77. The van der Waals surface area contributed by atoms with Crippen LogP contribution in [-0.2, 0) is 4.79 Å². The SMILES string of the molecule is Cc1cc2nn(-c3ccc(F)cc3)nc2cc1NC(=O)COc1cccc2ccccc12. The molecule has 32 heavy (non-hydrogen) atoms. The smallest absolute Gasteiger partial charge is 0.262 e. The minimum atomic E-state index is -0.322. The molecule has 0 saturated heterocycles. The lowest BCUT2D eigenvalue weighted by atomic mass is 10.1. The minimum Gasteiger partial charge on any atom is -0.483 e. The van der Waals surface area contributed by atoms with Crippen LogP contribution in [0.1, 0.15) is 5.56 Å². The Morgan fingerprint density at radius 3 is 2.50 bits per heavy atom. The molecule has 1 aromatic heterocycles. The van der Waals surface area contributed by atoms with Crippen molar-refractivity contribution >= 4 is 33.4 Å². The molecular formula is C25H19FN4O2. The maximum atomic E-state index is 13.2. The van der Waals surface area contributed by atoms with Crippen LogP contribution in [0.3, 0.4) is 0 Å². The number of anilines is 1. The zero-order valence-corrected chi connectivity index (χ0v) is 17.2. The third-order valence-electron chi connectivity index (χ3n) is 5.17. The Balaban J connectivity index is 1.33. The van der Waals surface area contributed by atoms with Crippen LogP contribution in [0.2, 0.25) is 0 Å². The Bertz CT molecular complexity index is 1440. The van der Waals surface area contributed by atoms with E-state index >= 15 is 0 Å². The monoisotopic (exact) mass is 426 g/mol. The highest BCUT2D eigenvalue weighted by molar-refractivity contribution is 5.95. The molecule has 158 valence electrons. The quantitative estimate of drug-likeness (QED) is 0.428. The highest BCUT2D eigenvalue weighted by Gasteiger charge is 2.12. The number of hydrogen-bond acceptors (Lipinski definition) is 4. The van der Waals surface area contributed by atoms with Crippen LogP contribution in [0.4, 0.5) is 10.1 Å². The highest BCUT2D eigenvalue weighted by atomic mass is 19.1. The molecular weight excluding hydrogens is 407 g/mol. The fraction of sp³-hybridized carbons (Fsp3) is 0.0800. The number of rotatable bonds is 5. The first kappa shape index (κ1) is 19.7. The molecule has 7 heteroatoms. The van der Waals surface area contributed by atoms with Crippen molar-refractivity contribution in [1.29, 1.82) is 0 Å². The summed E-state index contributed by atoms with van der Waals surface area (Å²) < 4.78 is 19.0. The molecule has 0 aliphatic heterocycles. The van der Waals surface area contributed by atoms with Crippen molar-refractivity contribution in [3.8, 4) is 11.4 Å². The molecule has 0 fully saturated rings. The number of carbonyl (C=O) groups excluding carboxylic acids is 1. The first-order chi connectivity index (χ1) is 15.6. The first-order valence-corrected chi connectivity index (χ1v) is 10.1. The Kier molecular flexibility index (Phi) is 4.99. The van der Waals surface area contributed by atoms with E-state index < -0.39 is 0 Å². The second-order valence-electron chi connectivity index (χ2n) is 7.44. The summed E-state index contributed by atoms with van der Waals surface area (Å²) in [4.78, 5) is 14.0. The molecule has 1 amide bonds. The van der Waals surface area contributed by atoms with Gasteiger partial charge in [0, 0.05) is 11.1 Å². The first-order valence-electron chi connectivity index (χ1n) is 10.1. The predicted octanol–water partition coefficient (Wildman–Crippen LogP) is 5.04. The molecule has 0 spiro atoms. The summed E-state index contributed by atoms with van der Waals surface area (Å²) in [5.74, 6) is 0.0657. The maximum absolute atomic E-state index is 13.2. The van der Waals surface area contributed by atoms with Gasteiger partial charge in [0.1, 0.15) is 22.6 Å². The molecule has 5 aromatic rings. The zero-order valence-electron chi connectivity index (χ0n) is 17.2. The summed E-state index contributed by atoms with van der Waals surface area (Å²) in [7, 11) is 0. The van der Waals surface area contributed by atoms with Crippen LogP contribution in [-0.4, -0.2) is 27.5 Å². The van der Waals surface area contributed by atoms with E-state index in [-0.39, 0.29) is 18.3 Å². The number of ether oxygens (including phenoxy) is 1. The third kappa shape index (κ3) is 3.88. The summed E-state index contributed by atoms with van der Waals surface area (Å²) in [5.41, 5.74) is 3.42. The lowest BCUT2D eigenvalue weighted by Gasteiger charge is -2.11. The van der Waals surface area contributed by atoms with Crippen molar-refractivity contribution in [1.82, 2.24) is 15.0 Å². The molecule has 0 bridgehead atoms. The van der Waals surface area contributed by atoms with Crippen molar-refractivity contribution in [2.45, 2.75) is 6.92 Å². The molecule has 0 atom stereocenters. The van der Waals surface area contributed by atoms with Crippen molar-refractivity contribution < 1.29 is 13.9 Å². The Hall–Kier alpha value is -4.26. The fourth-order valence-corrected chi connectivity index (χ4v) is 3.54. The predicted molar refractivity (Wildman–Crippen MR) is 122 cm³/mol. The van der Waals surface area contributed by atoms with Crippen LogP contribution in [0, 0.1) is 12.7 Å². The van der Waals surface area contributed by atoms with Gasteiger partial charge < -0.3 is 10.1 Å². The van der Waals surface area contributed by atoms with Crippen molar-refractivity contribution in [3.05, 3.63) is 90.2 Å². The van der Waals surface area contributed by atoms with Crippen LogP contribution in [0.15, 0.2) is 78.9 Å². The van der Waals surface area contributed by atoms with Crippen LogP contribution >= 0.6 is 0 Å². The van der Waals surface area contributed by atoms with Crippen LogP contribution in [0.5, 0.6) is 5.75 Å². The normalized spacial score (nSPS) is 11.1. The molecule has 5 rings (SSSR count). The van der Waals surface area contributed by atoms with E-state index in [2.05, 4.69) is 15.5 Å². The van der Waals surface area contributed by atoms with E-state index in [0.29, 0.717) is 28.2 Å². The van der Waals surface area contributed by atoms with Gasteiger partial charge in [-0.1, -0.05) is 36.4 Å². The number of nitrogens with zero attached hydrogens (tertiary/aromatic N) is 3. The van der Waals surface area contributed by atoms with Crippen molar-refractivity contribution in [3.63, 3.8) is 0 Å². The number of amides is 1. The number of aryl methyl sites for hydroxylation is 1. The Morgan fingerprint density at radius 1 is 0.969 bits per heavy atom. The number of halogens is 1. The second-order valence-corrected chi connectivity index (χ2v) is 7.44. The molecule has 0 unspecified atom stereocenters. The van der Waals surface area contributed by atoms with E-state index in [1.54, 1.807) is 18.2 Å². The highest BCUT2D eigenvalue weighted by Crippen LogP contribution is 2.26. The molecule has 6 nitrogen and oxygen atoms in total. The number of fused-ring (bicyclic) bond motifs is 2. The van der Waals surface area contributed by atoms with Gasteiger partial charge in [0.15, 0.2) is 6.61 Å². The molecule has 0 saturated carbocycles. The fourth-order valence-electron chi connectivity index (χ4n) is 3.54. The summed E-state index contributed by atoms with van der Waals surface area (Å²) >= 11 is 0. The van der Waals surface area contributed by atoms with E-state index in [1.165, 1.54) is 16.9 Å². The average molecular weight is 426 g/mol. The van der Waals surface area contributed by atoms with Gasteiger partial charge in [-0.05, 0) is 60.3 Å². The van der Waals surface area contributed by atoms with Crippen molar-refractivity contribution in [2.75, 3.05) is 11.9 Å². The molecule has 1 heterocycles. The average Bonchev–Trinajstić information content (AvgIpc) is 3.21. The zero-order chi connectivity index (χ0) is 22.1. The van der Waals surface area contributed by atoms with Crippen LogP contribution < -0.4 is 10.1 Å². The number of benzene rings is 4. The molecule has 1 N–H and O–H groups in total. The molecule has 0 radical (unpaired) electrons. The van der Waals surface area contributed by atoms with Gasteiger partial charge in [-0.15, -0.1) is 10.2 Å². The van der Waals surface area contributed by atoms with Crippen LogP contribution in [0.25, 0.3) is 27.5 Å². The van der Waals surface area contributed by atoms with Gasteiger partial charge in [-0.2, -0.15) is 4.80 Å². The number of hydrogen-bond donors (Lipinski definition) is 1. The van der Waals surface area contributed by atoms with Gasteiger partial charge in [-0.3, -0.25) is 4.79 Å². The largest absolute Gasteiger partial charge is 0.483 e. The Labute approximate surface area is 183 Å². The summed E-state index contributed by atoms with van der Waals surface area (Å²) in [6, 6.07) is 23.2. The van der Waals surface area contributed by atoms with Gasteiger partial charge in [0.25, 0.3) is 5.91 Å². The topological polar surface area (TPSA) is 69.0 Å². The van der Waals surface area contributed by atoms with Crippen molar-refractivity contribution in [2.24, 2.45) is 0 Å². The number of nitrogens with one attached hydrogen (secondary N) is 1. The maximum Gasteiger partial charge on any atom is 0.262 e. The lowest BCUT2D eigenvalue weighted by molar-refractivity contribution is -0.118. The summed E-state index contributed by atoms with van der Waals surface area (Å²) in [6.07, 6.45) is 0. The third-order valence-corrected chi connectivity index (χ3v) is 5.17. The Morgan fingerprint density at radius 2 is 1.69 bits per heavy atom. The second kappa shape index (κ2) is 8.11. The van der Waals surface area contributed by atoms with Gasteiger partial charge >= 0.3 is 0 Å². The molecule has 0 aliphatic carbocycles. The van der Waals surface area contributed by atoms with E-state index in [4.69, 9.17) is 4.74 Å². The minimum absolute atomic E-state index is 0.117. The molecule has 4 aromatic carbocycles. The van der Waals surface area contributed by atoms with E-state index in [1.807, 2.05) is 55.5 Å². The lowest BCUT2D eigenvalue weighted by Crippen LogP contribution is -2.20. The van der Waals surface area contributed by atoms with Gasteiger partial charge in [0.2, 0.25) is 0 Å². The number of carbonyl (C=O) groups is 1. The number of aromatic nitrogens is 3.